The van der Waals surface area contributed by atoms with Crippen LogP contribution in [0.1, 0.15) is 17.5 Å². The van der Waals surface area contributed by atoms with Gasteiger partial charge in [0.15, 0.2) is 0 Å². The van der Waals surface area contributed by atoms with E-state index in [-0.39, 0.29) is 18.5 Å². The summed E-state index contributed by atoms with van der Waals surface area (Å²) in [6.45, 7) is 0.689. The number of para-hydroxylation sites is 1. The zero-order valence-corrected chi connectivity index (χ0v) is 13.1. The summed E-state index contributed by atoms with van der Waals surface area (Å²) in [6.07, 6.45) is 0.420. The zero-order valence-electron chi connectivity index (χ0n) is 13.1. The Hall–Kier alpha value is -2.66. The highest BCUT2D eigenvalue weighted by Crippen LogP contribution is 2.43. The average molecular weight is 322 g/mol. The molecule has 1 fully saturated rings. The van der Waals surface area contributed by atoms with Crippen molar-refractivity contribution in [1.29, 1.82) is 0 Å². The van der Waals surface area contributed by atoms with Crippen molar-refractivity contribution in [1.82, 2.24) is 5.32 Å². The van der Waals surface area contributed by atoms with Crippen molar-refractivity contribution in [2.24, 2.45) is 0 Å². The van der Waals surface area contributed by atoms with Gasteiger partial charge in [-0.25, -0.2) is 0 Å². The maximum Gasteiger partial charge on any atom is 0.323 e. The van der Waals surface area contributed by atoms with Crippen molar-refractivity contribution >= 4 is 17.6 Å². The lowest BCUT2D eigenvalue weighted by Gasteiger charge is -2.20. The summed E-state index contributed by atoms with van der Waals surface area (Å²) in [6, 6.07) is 16.8. The number of nitrogens with one attached hydrogen (secondary N) is 2. The van der Waals surface area contributed by atoms with Gasteiger partial charge in [0.05, 0.1) is 5.41 Å². The van der Waals surface area contributed by atoms with Crippen molar-refractivity contribution in [3.05, 3.63) is 65.7 Å². The standard InChI is InChI=1S/C19H18N2O3/c22-17(24-11-13-6-2-1-3-7-13)16-10-19(12-20-16)14-8-4-5-9-15(14)21-18(19)23/h1-9,16,20H,10-12H2,(H,21,23)/t16-,19-/m1/s1. The summed E-state index contributed by atoms with van der Waals surface area (Å²) in [4.78, 5) is 24.9. The lowest BCUT2D eigenvalue weighted by atomic mass is 9.79. The Morgan fingerprint density at radius 2 is 1.88 bits per heavy atom. The Balaban J connectivity index is 1.47. The quantitative estimate of drug-likeness (QED) is 0.848. The minimum atomic E-state index is -0.674. The number of carbonyl (C=O) groups excluding carboxylic acids is 2. The summed E-state index contributed by atoms with van der Waals surface area (Å²) in [5.74, 6) is -0.359. The third kappa shape index (κ3) is 2.37. The molecule has 5 heteroatoms. The molecular formula is C19H18N2O3. The number of carbonyl (C=O) groups is 2. The third-order valence-corrected chi connectivity index (χ3v) is 4.84. The predicted octanol–water partition coefficient (Wildman–Crippen LogP) is 1.98. The number of hydrogen-bond acceptors (Lipinski definition) is 4. The molecule has 0 aromatic heterocycles. The highest BCUT2D eigenvalue weighted by Gasteiger charge is 2.53. The molecule has 1 spiro atoms. The molecule has 5 nitrogen and oxygen atoms in total. The third-order valence-electron chi connectivity index (χ3n) is 4.84. The smallest absolute Gasteiger partial charge is 0.323 e. The molecule has 1 amide bonds. The molecule has 122 valence electrons. The minimum Gasteiger partial charge on any atom is -0.460 e. The van der Waals surface area contributed by atoms with Crippen LogP contribution in [0.5, 0.6) is 0 Å². The molecule has 4 rings (SSSR count). The summed E-state index contributed by atoms with van der Waals surface area (Å²) >= 11 is 0. The second-order valence-electron chi connectivity index (χ2n) is 6.31. The zero-order chi connectivity index (χ0) is 16.6. The molecule has 2 aromatic carbocycles. The lowest BCUT2D eigenvalue weighted by molar-refractivity contribution is -0.147. The molecule has 2 N–H and O–H groups in total. The average Bonchev–Trinajstić information content (AvgIpc) is 3.18. The molecule has 2 atom stereocenters. The highest BCUT2D eigenvalue weighted by atomic mass is 16.5. The first kappa shape index (κ1) is 14.9. The van der Waals surface area contributed by atoms with Gasteiger partial charge in [-0.05, 0) is 23.6 Å². The maximum atomic E-state index is 12.5. The maximum absolute atomic E-state index is 12.5. The van der Waals surface area contributed by atoms with Gasteiger partial charge >= 0.3 is 5.97 Å². The van der Waals surface area contributed by atoms with Crippen LogP contribution in [0, 0.1) is 0 Å². The van der Waals surface area contributed by atoms with Crippen LogP contribution in [0.3, 0.4) is 0 Å². The van der Waals surface area contributed by atoms with Crippen molar-refractivity contribution in [3.63, 3.8) is 0 Å². The molecule has 0 aliphatic carbocycles. The molecule has 2 aliphatic rings. The lowest BCUT2D eigenvalue weighted by Crippen LogP contribution is -2.36. The van der Waals surface area contributed by atoms with Gasteiger partial charge in [0, 0.05) is 12.2 Å². The monoisotopic (exact) mass is 322 g/mol. The fourth-order valence-corrected chi connectivity index (χ4v) is 3.54. The van der Waals surface area contributed by atoms with E-state index < -0.39 is 11.5 Å². The van der Waals surface area contributed by atoms with E-state index in [2.05, 4.69) is 10.6 Å². The molecule has 0 saturated carbocycles. The fourth-order valence-electron chi connectivity index (χ4n) is 3.54. The van der Waals surface area contributed by atoms with E-state index in [0.717, 1.165) is 16.8 Å². The van der Waals surface area contributed by atoms with E-state index in [1.54, 1.807) is 0 Å². The summed E-state index contributed by atoms with van der Waals surface area (Å²) < 4.78 is 5.40. The Morgan fingerprint density at radius 3 is 2.71 bits per heavy atom. The van der Waals surface area contributed by atoms with Gasteiger partial charge in [-0.1, -0.05) is 48.5 Å². The van der Waals surface area contributed by atoms with E-state index in [0.29, 0.717) is 13.0 Å². The Labute approximate surface area is 140 Å². The summed E-state index contributed by atoms with van der Waals surface area (Å²) in [7, 11) is 0. The molecular weight excluding hydrogens is 304 g/mol. The number of benzene rings is 2. The van der Waals surface area contributed by atoms with Crippen LogP contribution in [0.25, 0.3) is 0 Å². The second-order valence-corrected chi connectivity index (χ2v) is 6.31. The fraction of sp³-hybridized carbons (Fsp3) is 0.263. The molecule has 2 aromatic rings. The SMILES string of the molecule is O=C(OCc1ccccc1)[C@H]1C[C@]2(CN1)C(=O)Nc1ccccc12. The second kappa shape index (κ2) is 5.76. The number of hydrogen-bond donors (Lipinski definition) is 2. The predicted molar refractivity (Wildman–Crippen MR) is 89.4 cm³/mol. The van der Waals surface area contributed by atoms with Crippen LogP contribution >= 0.6 is 0 Å². The van der Waals surface area contributed by atoms with Gasteiger partial charge in [-0.15, -0.1) is 0 Å². The highest BCUT2D eigenvalue weighted by molar-refractivity contribution is 6.07. The summed E-state index contributed by atoms with van der Waals surface area (Å²) in [5, 5.41) is 6.08. The Bertz CT molecular complexity index is 790. The molecule has 0 bridgehead atoms. The largest absolute Gasteiger partial charge is 0.460 e. The number of esters is 1. The molecule has 1 saturated heterocycles. The van der Waals surface area contributed by atoms with Crippen LogP contribution in [0.15, 0.2) is 54.6 Å². The number of ether oxygens (including phenoxy) is 1. The van der Waals surface area contributed by atoms with Crippen molar-refractivity contribution in [3.8, 4) is 0 Å². The first-order chi connectivity index (χ1) is 11.7. The first-order valence-electron chi connectivity index (χ1n) is 8.04. The van der Waals surface area contributed by atoms with Crippen LogP contribution < -0.4 is 10.6 Å². The van der Waals surface area contributed by atoms with E-state index in [1.807, 2.05) is 54.6 Å². The van der Waals surface area contributed by atoms with E-state index >= 15 is 0 Å². The topological polar surface area (TPSA) is 67.4 Å². The molecule has 0 unspecified atom stereocenters. The molecule has 2 aliphatic heterocycles. The van der Waals surface area contributed by atoms with E-state index in [4.69, 9.17) is 4.74 Å². The van der Waals surface area contributed by atoms with Gasteiger partial charge in [-0.3, -0.25) is 9.59 Å². The number of fused-ring (bicyclic) bond motifs is 2. The van der Waals surface area contributed by atoms with Crippen molar-refractivity contribution in [2.45, 2.75) is 24.5 Å². The van der Waals surface area contributed by atoms with E-state index in [9.17, 15) is 9.59 Å². The van der Waals surface area contributed by atoms with E-state index in [1.165, 1.54) is 0 Å². The molecule has 0 radical (unpaired) electrons. The van der Waals surface area contributed by atoms with Crippen LogP contribution in [-0.4, -0.2) is 24.5 Å². The summed E-state index contributed by atoms with van der Waals surface area (Å²) in [5.41, 5.74) is 2.07. The van der Waals surface area contributed by atoms with Crippen molar-refractivity contribution < 1.29 is 14.3 Å². The normalized spacial score (nSPS) is 24.7. The first-order valence-corrected chi connectivity index (χ1v) is 8.04. The van der Waals surface area contributed by atoms with Crippen LogP contribution in [0.2, 0.25) is 0 Å². The van der Waals surface area contributed by atoms with Crippen LogP contribution in [0.4, 0.5) is 5.69 Å². The van der Waals surface area contributed by atoms with Gasteiger partial charge in [0.2, 0.25) is 5.91 Å². The van der Waals surface area contributed by atoms with Gasteiger partial charge < -0.3 is 15.4 Å². The Kier molecular flexibility index (Phi) is 3.58. The number of rotatable bonds is 3. The van der Waals surface area contributed by atoms with Gasteiger partial charge in [-0.2, -0.15) is 0 Å². The molecule has 2 heterocycles. The Morgan fingerprint density at radius 1 is 1.12 bits per heavy atom. The van der Waals surface area contributed by atoms with Crippen molar-refractivity contribution in [2.75, 3.05) is 11.9 Å². The number of anilines is 1. The number of amides is 1. The van der Waals surface area contributed by atoms with Crippen LogP contribution in [-0.2, 0) is 26.3 Å². The minimum absolute atomic E-state index is 0.0467. The van der Waals surface area contributed by atoms with Gasteiger partial charge in [0.25, 0.3) is 0 Å². The molecule has 24 heavy (non-hydrogen) atoms. The van der Waals surface area contributed by atoms with Gasteiger partial charge in [0.1, 0.15) is 12.6 Å².